The van der Waals surface area contributed by atoms with Crippen molar-refractivity contribution in [2.45, 2.75) is 4.90 Å². The van der Waals surface area contributed by atoms with Gasteiger partial charge in [0.2, 0.25) is 0 Å². The number of rotatable bonds is 1. The van der Waals surface area contributed by atoms with Crippen LogP contribution in [0, 0.1) is 0 Å². The normalized spacial score (nSPS) is 11.2. The summed E-state index contributed by atoms with van der Waals surface area (Å²) in [5.74, 6) is 0. The van der Waals surface area contributed by atoms with Gasteiger partial charge in [0.05, 0.1) is 22.3 Å². The number of aromatic nitrogens is 2. The summed E-state index contributed by atoms with van der Waals surface area (Å²) in [7, 11) is -4.12. The SMILES string of the molecule is Cl.O=S(=O)(O)c1ccc2nc[nH]c2c1. The van der Waals surface area contributed by atoms with E-state index in [4.69, 9.17) is 4.55 Å². The molecule has 0 bridgehead atoms. The third-order valence-corrected chi connectivity index (χ3v) is 2.54. The Kier molecular flexibility index (Phi) is 2.79. The first-order chi connectivity index (χ1) is 6.07. The molecule has 0 amide bonds. The van der Waals surface area contributed by atoms with Crippen molar-refractivity contribution in [1.82, 2.24) is 9.97 Å². The number of hydrogen-bond donors (Lipinski definition) is 2. The van der Waals surface area contributed by atoms with Gasteiger partial charge in [0.1, 0.15) is 0 Å². The first kappa shape index (κ1) is 11.0. The number of hydrogen-bond acceptors (Lipinski definition) is 3. The zero-order valence-electron chi connectivity index (χ0n) is 6.84. The van der Waals surface area contributed by atoms with E-state index in [9.17, 15) is 8.42 Å². The Labute approximate surface area is 86.3 Å². The first-order valence-corrected chi connectivity index (χ1v) is 4.92. The van der Waals surface area contributed by atoms with Gasteiger partial charge in [-0.15, -0.1) is 12.4 Å². The zero-order chi connectivity index (χ0) is 9.47. The van der Waals surface area contributed by atoms with Crippen LogP contribution < -0.4 is 0 Å². The van der Waals surface area contributed by atoms with Gasteiger partial charge in [0.25, 0.3) is 10.1 Å². The molecule has 7 heteroatoms. The molecule has 0 radical (unpaired) electrons. The summed E-state index contributed by atoms with van der Waals surface area (Å²) in [5.41, 5.74) is 1.24. The van der Waals surface area contributed by atoms with Crippen molar-refractivity contribution in [3.63, 3.8) is 0 Å². The van der Waals surface area contributed by atoms with Crippen molar-refractivity contribution in [3.05, 3.63) is 24.5 Å². The smallest absolute Gasteiger partial charge is 0.294 e. The van der Waals surface area contributed by atoms with Gasteiger partial charge >= 0.3 is 0 Å². The predicted molar refractivity (Wildman–Crippen MR) is 53.2 cm³/mol. The molecule has 0 spiro atoms. The number of benzene rings is 1. The molecule has 14 heavy (non-hydrogen) atoms. The lowest BCUT2D eigenvalue weighted by atomic mass is 10.3. The number of halogens is 1. The second-order valence-electron chi connectivity index (χ2n) is 2.56. The molecule has 5 nitrogen and oxygen atoms in total. The van der Waals surface area contributed by atoms with Crippen molar-refractivity contribution in [2.24, 2.45) is 0 Å². The molecule has 2 rings (SSSR count). The van der Waals surface area contributed by atoms with Crippen LogP contribution in [0.5, 0.6) is 0 Å². The zero-order valence-corrected chi connectivity index (χ0v) is 8.47. The molecule has 0 fully saturated rings. The lowest BCUT2D eigenvalue weighted by molar-refractivity contribution is 0.483. The van der Waals surface area contributed by atoms with E-state index in [-0.39, 0.29) is 17.3 Å². The Bertz CT molecular complexity index is 549. The Morgan fingerprint density at radius 3 is 2.71 bits per heavy atom. The number of aromatic amines is 1. The fraction of sp³-hybridized carbons (Fsp3) is 0. The number of nitrogens with one attached hydrogen (secondary N) is 1. The van der Waals surface area contributed by atoms with E-state index in [2.05, 4.69) is 9.97 Å². The van der Waals surface area contributed by atoms with E-state index >= 15 is 0 Å². The molecule has 0 aliphatic heterocycles. The maximum Gasteiger partial charge on any atom is 0.294 e. The van der Waals surface area contributed by atoms with Gasteiger partial charge in [-0.2, -0.15) is 8.42 Å². The number of fused-ring (bicyclic) bond motifs is 1. The van der Waals surface area contributed by atoms with Gasteiger partial charge < -0.3 is 4.98 Å². The third-order valence-electron chi connectivity index (χ3n) is 1.69. The molecule has 76 valence electrons. The summed E-state index contributed by atoms with van der Waals surface area (Å²) in [5, 5.41) is 0. The predicted octanol–water partition coefficient (Wildman–Crippen LogP) is 1.23. The second-order valence-corrected chi connectivity index (χ2v) is 3.98. The highest BCUT2D eigenvalue weighted by atomic mass is 35.5. The monoisotopic (exact) mass is 234 g/mol. The Hall–Kier alpha value is -1.11. The molecule has 0 unspecified atom stereocenters. The van der Waals surface area contributed by atoms with Crippen molar-refractivity contribution < 1.29 is 13.0 Å². The highest BCUT2D eigenvalue weighted by molar-refractivity contribution is 7.85. The van der Waals surface area contributed by atoms with Gasteiger partial charge in [-0.25, -0.2) is 4.98 Å². The van der Waals surface area contributed by atoms with Gasteiger partial charge in [-0.1, -0.05) is 0 Å². The van der Waals surface area contributed by atoms with Crippen LogP contribution in [0.25, 0.3) is 11.0 Å². The van der Waals surface area contributed by atoms with E-state index in [1.165, 1.54) is 24.5 Å². The Morgan fingerprint density at radius 1 is 1.36 bits per heavy atom. The molecule has 2 aromatic rings. The van der Waals surface area contributed by atoms with Crippen LogP contribution in [0.15, 0.2) is 29.4 Å². The quantitative estimate of drug-likeness (QED) is 0.727. The minimum absolute atomic E-state index is 0. The van der Waals surface area contributed by atoms with Crippen LogP contribution in [0.1, 0.15) is 0 Å². The molecule has 2 N–H and O–H groups in total. The van der Waals surface area contributed by atoms with Crippen molar-refractivity contribution in [2.75, 3.05) is 0 Å². The highest BCUT2D eigenvalue weighted by Crippen LogP contribution is 2.15. The van der Waals surface area contributed by atoms with Crippen LogP contribution in [0.4, 0.5) is 0 Å². The topological polar surface area (TPSA) is 83.1 Å². The number of nitrogens with zero attached hydrogens (tertiary/aromatic N) is 1. The average molecular weight is 235 g/mol. The largest absolute Gasteiger partial charge is 0.345 e. The molecule has 1 aromatic heterocycles. The van der Waals surface area contributed by atoms with Gasteiger partial charge in [-0.05, 0) is 18.2 Å². The van der Waals surface area contributed by atoms with Crippen molar-refractivity contribution >= 4 is 33.6 Å². The van der Waals surface area contributed by atoms with Crippen molar-refractivity contribution in [3.8, 4) is 0 Å². The number of H-pyrrole nitrogens is 1. The molecule has 0 saturated heterocycles. The average Bonchev–Trinajstić information content (AvgIpc) is 2.47. The minimum Gasteiger partial charge on any atom is -0.345 e. The van der Waals surface area contributed by atoms with Crippen LogP contribution in [0.2, 0.25) is 0 Å². The summed E-state index contributed by atoms with van der Waals surface area (Å²) < 4.78 is 30.2. The van der Waals surface area contributed by atoms with E-state index in [1.807, 2.05) is 0 Å². The van der Waals surface area contributed by atoms with Crippen LogP contribution >= 0.6 is 12.4 Å². The van der Waals surface area contributed by atoms with Gasteiger partial charge in [0, 0.05) is 0 Å². The molecule has 0 aliphatic rings. The highest BCUT2D eigenvalue weighted by Gasteiger charge is 2.09. The molecular weight excluding hydrogens is 228 g/mol. The summed E-state index contributed by atoms with van der Waals surface area (Å²) in [6, 6.07) is 4.16. The van der Waals surface area contributed by atoms with Gasteiger partial charge in [-0.3, -0.25) is 4.55 Å². The van der Waals surface area contributed by atoms with E-state index < -0.39 is 10.1 Å². The van der Waals surface area contributed by atoms with Crippen LogP contribution in [-0.2, 0) is 10.1 Å². The standard InChI is InChI=1S/C7H6N2O3S.ClH/c10-13(11,12)5-1-2-6-7(3-5)9-4-8-6;/h1-4H,(H,8,9)(H,10,11,12);1H. The summed E-state index contributed by atoms with van der Waals surface area (Å²) in [4.78, 5) is 6.52. The molecule has 0 atom stereocenters. The Balaban J connectivity index is 0.000000980. The summed E-state index contributed by atoms with van der Waals surface area (Å²) >= 11 is 0. The maximum absolute atomic E-state index is 10.7. The second kappa shape index (κ2) is 3.56. The molecule has 0 saturated carbocycles. The summed E-state index contributed by atoms with van der Waals surface area (Å²) in [6.45, 7) is 0. The van der Waals surface area contributed by atoms with E-state index in [0.29, 0.717) is 11.0 Å². The fourth-order valence-electron chi connectivity index (χ4n) is 1.08. The van der Waals surface area contributed by atoms with E-state index in [1.54, 1.807) is 0 Å². The first-order valence-electron chi connectivity index (χ1n) is 3.48. The lowest BCUT2D eigenvalue weighted by Crippen LogP contribution is -1.97. The van der Waals surface area contributed by atoms with Crippen LogP contribution in [-0.4, -0.2) is 22.9 Å². The third kappa shape index (κ3) is 1.87. The lowest BCUT2D eigenvalue weighted by Gasteiger charge is -1.95. The number of imidazole rings is 1. The van der Waals surface area contributed by atoms with Crippen molar-refractivity contribution in [1.29, 1.82) is 0 Å². The maximum atomic E-state index is 10.7. The molecule has 1 heterocycles. The van der Waals surface area contributed by atoms with Crippen LogP contribution in [0.3, 0.4) is 0 Å². The molecular formula is C7H7ClN2O3S. The molecule has 0 aliphatic carbocycles. The Morgan fingerprint density at radius 2 is 2.07 bits per heavy atom. The minimum atomic E-state index is -4.12. The fourth-order valence-corrected chi connectivity index (χ4v) is 1.58. The van der Waals surface area contributed by atoms with Gasteiger partial charge in [0.15, 0.2) is 0 Å². The molecule has 1 aromatic carbocycles. The van der Waals surface area contributed by atoms with E-state index in [0.717, 1.165) is 0 Å². The summed E-state index contributed by atoms with van der Waals surface area (Å²) in [6.07, 6.45) is 1.46.